The maximum atomic E-state index is 12.1. The number of carbonyl (C=O) groups is 1. The summed E-state index contributed by atoms with van der Waals surface area (Å²) in [4.78, 5) is 12.1. The average Bonchev–Trinajstić information content (AvgIpc) is 2.35. The second-order valence-electron chi connectivity index (χ2n) is 5.52. The van der Waals surface area contributed by atoms with Gasteiger partial charge >= 0.3 is 0 Å². The maximum Gasteiger partial charge on any atom is 0.211 e. The molecule has 2 unspecified atom stereocenters. The first-order valence-electron chi connectivity index (χ1n) is 7.06. The number of nitrogens with two attached hydrogens (primary N) is 1. The van der Waals surface area contributed by atoms with Crippen molar-refractivity contribution in [1.29, 1.82) is 0 Å². The second kappa shape index (κ2) is 7.36. The molecule has 19 heavy (non-hydrogen) atoms. The topological polar surface area (TPSA) is 80.5 Å². The summed E-state index contributed by atoms with van der Waals surface area (Å²) in [6, 6.07) is 0. The molecule has 0 saturated carbocycles. The number of hydrogen-bond donors (Lipinski definition) is 1. The van der Waals surface area contributed by atoms with Gasteiger partial charge in [0.25, 0.3) is 0 Å². The van der Waals surface area contributed by atoms with Gasteiger partial charge in [0, 0.05) is 32.0 Å². The standard InChI is InChI=1S/C13H26N2O3S/c1-3-5-12(9-14)13(16)8-11-6-4-7-15(10-11)19(2,17)18/h11-12H,3-10,14H2,1-2H3. The Morgan fingerprint density at radius 1 is 1.47 bits per heavy atom. The lowest BCUT2D eigenvalue weighted by Crippen LogP contribution is -2.40. The summed E-state index contributed by atoms with van der Waals surface area (Å²) in [6.45, 7) is 3.50. The molecular weight excluding hydrogens is 264 g/mol. The summed E-state index contributed by atoms with van der Waals surface area (Å²) in [7, 11) is -3.13. The number of Topliss-reactive ketones (excluding diaryl/α,β-unsaturated/α-hetero) is 1. The molecule has 1 saturated heterocycles. The van der Waals surface area contributed by atoms with Gasteiger partial charge in [-0.05, 0) is 25.2 Å². The quantitative estimate of drug-likeness (QED) is 0.758. The Bertz CT molecular complexity index is 395. The van der Waals surface area contributed by atoms with E-state index in [9.17, 15) is 13.2 Å². The molecule has 2 N–H and O–H groups in total. The van der Waals surface area contributed by atoms with Gasteiger partial charge in [0.05, 0.1) is 6.26 Å². The summed E-state index contributed by atoms with van der Waals surface area (Å²) < 4.78 is 24.6. The van der Waals surface area contributed by atoms with Crippen LogP contribution in [0.2, 0.25) is 0 Å². The number of piperidine rings is 1. The molecule has 0 aromatic rings. The third-order valence-electron chi connectivity index (χ3n) is 3.82. The van der Waals surface area contributed by atoms with Crippen LogP contribution in [0.5, 0.6) is 0 Å². The highest BCUT2D eigenvalue weighted by molar-refractivity contribution is 7.88. The van der Waals surface area contributed by atoms with E-state index in [-0.39, 0.29) is 17.6 Å². The minimum absolute atomic E-state index is 0.0568. The van der Waals surface area contributed by atoms with Gasteiger partial charge < -0.3 is 5.73 Å². The van der Waals surface area contributed by atoms with Crippen molar-refractivity contribution >= 4 is 15.8 Å². The highest BCUT2D eigenvalue weighted by Gasteiger charge is 2.28. The fourth-order valence-electron chi connectivity index (χ4n) is 2.70. The molecule has 5 nitrogen and oxygen atoms in total. The molecule has 0 spiro atoms. The van der Waals surface area contributed by atoms with Crippen LogP contribution in [0.15, 0.2) is 0 Å². The van der Waals surface area contributed by atoms with E-state index < -0.39 is 10.0 Å². The zero-order chi connectivity index (χ0) is 14.5. The van der Waals surface area contributed by atoms with Gasteiger partial charge in [-0.2, -0.15) is 0 Å². The lowest BCUT2D eigenvalue weighted by atomic mass is 9.88. The van der Waals surface area contributed by atoms with Crippen LogP contribution in [0.1, 0.15) is 39.0 Å². The number of nitrogens with zero attached hydrogens (tertiary/aromatic N) is 1. The van der Waals surface area contributed by atoms with E-state index in [4.69, 9.17) is 5.73 Å². The molecule has 6 heteroatoms. The molecule has 1 fully saturated rings. The Labute approximate surface area is 116 Å². The molecule has 112 valence electrons. The summed E-state index contributed by atoms with van der Waals surface area (Å²) >= 11 is 0. The van der Waals surface area contributed by atoms with E-state index in [1.807, 2.05) is 6.92 Å². The summed E-state index contributed by atoms with van der Waals surface area (Å²) in [5, 5.41) is 0. The van der Waals surface area contributed by atoms with Gasteiger partial charge in [0.1, 0.15) is 5.78 Å². The number of rotatable bonds is 7. The molecular formula is C13H26N2O3S. The first-order valence-corrected chi connectivity index (χ1v) is 8.91. The lowest BCUT2D eigenvalue weighted by Gasteiger charge is -2.31. The van der Waals surface area contributed by atoms with Crippen molar-refractivity contribution in [2.75, 3.05) is 25.9 Å². The van der Waals surface area contributed by atoms with Crippen LogP contribution in [-0.4, -0.2) is 44.4 Å². The maximum absolute atomic E-state index is 12.1. The lowest BCUT2D eigenvalue weighted by molar-refractivity contribution is -0.124. The highest BCUT2D eigenvalue weighted by atomic mass is 32.2. The number of ketones is 1. The van der Waals surface area contributed by atoms with Crippen molar-refractivity contribution in [2.24, 2.45) is 17.6 Å². The number of hydrogen-bond acceptors (Lipinski definition) is 4. The molecule has 0 radical (unpaired) electrons. The third kappa shape index (κ3) is 5.20. The second-order valence-corrected chi connectivity index (χ2v) is 7.50. The van der Waals surface area contributed by atoms with Gasteiger partial charge in [-0.1, -0.05) is 13.3 Å². The van der Waals surface area contributed by atoms with Gasteiger partial charge in [-0.25, -0.2) is 12.7 Å². The molecule has 2 atom stereocenters. The number of carbonyl (C=O) groups excluding carboxylic acids is 1. The third-order valence-corrected chi connectivity index (χ3v) is 5.09. The van der Waals surface area contributed by atoms with Crippen molar-refractivity contribution in [3.8, 4) is 0 Å². The molecule has 1 aliphatic rings. The SMILES string of the molecule is CCCC(CN)C(=O)CC1CCCN(S(C)(=O)=O)C1. The highest BCUT2D eigenvalue weighted by Crippen LogP contribution is 2.23. The largest absolute Gasteiger partial charge is 0.330 e. The van der Waals surface area contributed by atoms with E-state index in [1.54, 1.807) is 0 Å². The van der Waals surface area contributed by atoms with Gasteiger partial charge in [0.2, 0.25) is 10.0 Å². The molecule has 0 aromatic heterocycles. The van der Waals surface area contributed by atoms with Crippen LogP contribution in [-0.2, 0) is 14.8 Å². The van der Waals surface area contributed by atoms with Crippen molar-refractivity contribution in [3.05, 3.63) is 0 Å². The Morgan fingerprint density at radius 3 is 2.68 bits per heavy atom. The van der Waals surface area contributed by atoms with Gasteiger partial charge in [-0.15, -0.1) is 0 Å². The Hall–Kier alpha value is -0.460. The normalized spacial score (nSPS) is 23.2. The van der Waals surface area contributed by atoms with Crippen molar-refractivity contribution in [3.63, 3.8) is 0 Å². The Kier molecular flexibility index (Phi) is 6.42. The van der Waals surface area contributed by atoms with E-state index in [0.29, 0.717) is 26.1 Å². The van der Waals surface area contributed by atoms with Crippen molar-refractivity contribution < 1.29 is 13.2 Å². The molecule has 0 aliphatic carbocycles. The van der Waals surface area contributed by atoms with E-state index in [2.05, 4.69) is 0 Å². The van der Waals surface area contributed by atoms with Gasteiger partial charge in [0.15, 0.2) is 0 Å². The van der Waals surface area contributed by atoms with Gasteiger partial charge in [-0.3, -0.25) is 4.79 Å². The van der Waals surface area contributed by atoms with Crippen molar-refractivity contribution in [2.45, 2.75) is 39.0 Å². The molecule has 0 aromatic carbocycles. The van der Waals surface area contributed by atoms with Crippen LogP contribution < -0.4 is 5.73 Å². The summed E-state index contributed by atoms with van der Waals surface area (Å²) in [5.41, 5.74) is 5.63. The Balaban J connectivity index is 2.54. The van der Waals surface area contributed by atoms with E-state index in [1.165, 1.54) is 10.6 Å². The predicted molar refractivity (Wildman–Crippen MR) is 76.2 cm³/mol. The zero-order valence-electron chi connectivity index (χ0n) is 12.0. The first-order chi connectivity index (χ1) is 8.88. The van der Waals surface area contributed by atoms with Crippen LogP contribution in [0.25, 0.3) is 0 Å². The van der Waals surface area contributed by atoms with Crippen LogP contribution in [0, 0.1) is 11.8 Å². The molecule has 0 bridgehead atoms. The van der Waals surface area contributed by atoms with Crippen molar-refractivity contribution in [1.82, 2.24) is 4.31 Å². The summed E-state index contributed by atoms with van der Waals surface area (Å²) in [6.07, 6.45) is 5.25. The minimum Gasteiger partial charge on any atom is -0.330 e. The van der Waals surface area contributed by atoms with E-state index >= 15 is 0 Å². The summed E-state index contributed by atoms with van der Waals surface area (Å²) in [5.74, 6) is 0.296. The van der Waals surface area contributed by atoms with Crippen LogP contribution >= 0.6 is 0 Å². The first kappa shape index (κ1) is 16.6. The van der Waals surface area contributed by atoms with E-state index in [0.717, 1.165) is 25.7 Å². The van der Waals surface area contributed by atoms with Crippen LogP contribution in [0.4, 0.5) is 0 Å². The molecule has 0 amide bonds. The zero-order valence-corrected chi connectivity index (χ0v) is 12.8. The predicted octanol–water partition coefficient (Wildman–Crippen LogP) is 0.992. The fraction of sp³-hybridized carbons (Fsp3) is 0.923. The molecule has 1 rings (SSSR count). The average molecular weight is 290 g/mol. The smallest absolute Gasteiger partial charge is 0.211 e. The Morgan fingerprint density at radius 2 is 2.16 bits per heavy atom. The van der Waals surface area contributed by atoms with Crippen LogP contribution in [0.3, 0.4) is 0 Å². The minimum atomic E-state index is -3.13. The monoisotopic (exact) mass is 290 g/mol. The fourth-order valence-corrected chi connectivity index (χ4v) is 3.65. The molecule has 1 aliphatic heterocycles. The number of sulfonamides is 1. The molecule has 1 heterocycles.